The van der Waals surface area contributed by atoms with E-state index >= 15 is 0 Å². The highest BCUT2D eigenvalue weighted by Crippen LogP contribution is 2.31. The molecule has 152 valence electrons. The molecule has 0 radical (unpaired) electrons. The maximum absolute atomic E-state index is 13.0. The van der Waals surface area contributed by atoms with Crippen molar-refractivity contribution < 1.29 is 9.59 Å². The van der Waals surface area contributed by atoms with Crippen LogP contribution in [0.4, 0.5) is 17.5 Å². The molecule has 2 aliphatic rings. The minimum atomic E-state index is -0.879. The van der Waals surface area contributed by atoms with E-state index in [1.165, 1.54) is 0 Å². The maximum Gasteiger partial charge on any atom is 0.258 e. The summed E-state index contributed by atoms with van der Waals surface area (Å²) in [5.74, 6) is -0.930. The van der Waals surface area contributed by atoms with Crippen LogP contribution >= 0.6 is 0 Å². The number of fused-ring (bicyclic) bond motifs is 1. The van der Waals surface area contributed by atoms with Gasteiger partial charge in [0.25, 0.3) is 5.56 Å². The van der Waals surface area contributed by atoms with E-state index in [2.05, 4.69) is 20.6 Å². The van der Waals surface area contributed by atoms with Crippen molar-refractivity contribution in [3.8, 4) is 0 Å². The second-order valence-corrected chi connectivity index (χ2v) is 7.50. The van der Waals surface area contributed by atoms with Crippen molar-refractivity contribution in [3.05, 3.63) is 45.7 Å². The summed E-state index contributed by atoms with van der Waals surface area (Å²) in [6.07, 6.45) is 3.91. The molecule has 3 heterocycles. The fourth-order valence-corrected chi connectivity index (χ4v) is 4.01. The molecule has 2 aliphatic heterocycles. The van der Waals surface area contributed by atoms with Gasteiger partial charge in [-0.2, -0.15) is 4.98 Å². The van der Waals surface area contributed by atoms with Crippen molar-refractivity contribution in [2.75, 3.05) is 28.6 Å². The Morgan fingerprint density at radius 1 is 1.21 bits per heavy atom. The van der Waals surface area contributed by atoms with Gasteiger partial charge in [-0.05, 0) is 37.3 Å². The van der Waals surface area contributed by atoms with E-state index in [1.54, 1.807) is 0 Å². The van der Waals surface area contributed by atoms with Gasteiger partial charge >= 0.3 is 0 Å². The summed E-state index contributed by atoms with van der Waals surface area (Å²) in [6, 6.07) is 7.52. The Morgan fingerprint density at radius 3 is 2.72 bits per heavy atom. The number of nitrogens with zero attached hydrogens (tertiary/aromatic N) is 2. The Balaban J connectivity index is 1.65. The summed E-state index contributed by atoms with van der Waals surface area (Å²) < 4.78 is 0. The number of para-hydroxylation sites is 1. The Labute approximate surface area is 168 Å². The molecule has 0 saturated carbocycles. The molecule has 8 nitrogen and oxygen atoms in total. The first-order valence-electron chi connectivity index (χ1n) is 10.1. The van der Waals surface area contributed by atoms with Crippen LogP contribution in [0.15, 0.2) is 29.1 Å². The van der Waals surface area contributed by atoms with Crippen LogP contribution in [-0.2, 0) is 16.0 Å². The van der Waals surface area contributed by atoms with Crippen LogP contribution in [0.1, 0.15) is 49.7 Å². The molecule has 3 N–H and O–H groups in total. The number of aryl methyl sites for hydroxylation is 1. The van der Waals surface area contributed by atoms with Crippen LogP contribution in [0.25, 0.3) is 0 Å². The molecule has 1 atom stereocenters. The minimum Gasteiger partial charge on any atom is -0.342 e. The number of aromatic amines is 1. The normalized spacial score (nSPS) is 18.7. The van der Waals surface area contributed by atoms with Gasteiger partial charge in [0.1, 0.15) is 5.82 Å². The number of aromatic nitrogens is 2. The third-order valence-corrected chi connectivity index (χ3v) is 5.57. The van der Waals surface area contributed by atoms with Gasteiger partial charge in [-0.25, -0.2) is 0 Å². The molecule has 4 rings (SSSR count). The summed E-state index contributed by atoms with van der Waals surface area (Å²) in [4.78, 5) is 47.4. The van der Waals surface area contributed by atoms with E-state index in [9.17, 15) is 14.4 Å². The van der Waals surface area contributed by atoms with Crippen molar-refractivity contribution in [2.45, 2.75) is 44.9 Å². The first-order chi connectivity index (χ1) is 14.1. The van der Waals surface area contributed by atoms with Gasteiger partial charge in [-0.15, -0.1) is 0 Å². The second kappa shape index (κ2) is 8.06. The van der Waals surface area contributed by atoms with E-state index in [0.717, 1.165) is 44.3 Å². The molecular weight excluding hydrogens is 370 g/mol. The number of H-pyrrole nitrogens is 1. The maximum atomic E-state index is 13.0. The Kier molecular flexibility index (Phi) is 5.33. The monoisotopic (exact) mass is 395 g/mol. The molecule has 1 aromatic heterocycles. The molecule has 1 aromatic carbocycles. The van der Waals surface area contributed by atoms with E-state index in [-0.39, 0.29) is 35.2 Å². The number of nitrogens with one attached hydrogen (secondary N) is 3. The van der Waals surface area contributed by atoms with Gasteiger partial charge < -0.3 is 15.5 Å². The Morgan fingerprint density at radius 2 is 1.97 bits per heavy atom. The molecule has 8 heteroatoms. The lowest BCUT2D eigenvalue weighted by atomic mass is 9.92. The van der Waals surface area contributed by atoms with Gasteiger partial charge in [0.15, 0.2) is 0 Å². The van der Waals surface area contributed by atoms with Gasteiger partial charge in [0.2, 0.25) is 17.8 Å². The van der Waals surface area contributed by atoms with Gasteiger partial charge in [0.05, 0.1) is 11.5 Å². The second-order valence-electron chi connectivity index (χ2n) is 7.50. The highest BCUT2D eigenvalue weighted by atomic mass is 16.2. The molecular formula is C21H25N5O3. The molecule has 0 aliphatic carbocycles. The van der Waals surface area contributed by atoms with Crippen molar-refractivity contribution in [2.24, 2.45) is 0 Å². The lowest BCUT2D eigenvalue weighted by Gasteiger charge is -2.29. The largest absolute Gasteiger partial charge is 0.342 e. The van der Waals surface area contributed by atoms with E-state index in [0.29, 0.717) is 11.6 Å². The number of hydrogen-bond acceptors (Lipinski definition) is 5. The average molecular weight is 395 g/mol. The Bertz CT molecular complexity index is 994. The van der Waals surface area contributed by atoms with Crippen LogP contribution in [0.2, 0.25) is 0 Å². The smallest absolute Gasteiger partial charge is 0.258 e. The number of anilines is 3. The zero-order valence-corrected chi connectivity index (χ0v) is 16.5. The molecule has 0 unspecified atom stereocenters. The van der Waals surface area contributed by atoms with E-state index in [4.69, 9.17) is 0 Å². The highest BCUT2D eigenvalue weighted by molar-refractivity contribution is 6.04. The van der Waals surface area contributed by atoms with Crippen molar-refractivity contribution in [1.29, 1.82) is 0 Å². The van der Waals surface area contributed by atoms with Crippen LogP contribution in [0.3, 0.4) is 0 Å². The lowest BCUT2D eigenvalue weighted by Crippen LogP contribution is -2.38. The molecule has 0 spiro atoms. The zero-order valence-electron chi connectivity index (χ0n) is 16.5. The average Bonchev–Trinajstić information content (AvgIpc) is 2.73. The number of piperidine rings is 1. The Hall–Kier alpha value is -3.16. The SMILES string of the molecule is CCc1ccccc1NC(=O)[C@@H]1CC(=O)Nc2nc(N3CCCCC3)[nH]c(=O)c21. The number of benzene rings is 1. The lowest BCUT2D eigenvalue weighted by molar-refractivity contribution is -0.123. The zero-order chi connectivity index (χ0) is 20.4. The molecule has 1 fully saturated rings. The molecule has 1 saturated heterocycles. The van der Waals surface area contributed by atoms with Crippen LogP contribution in [0.5, 0.6) is 0 Å². The number of rotatable bonds is 4. The minimum absolute atomic E-state index is 0.0824. The summed E-state index contributed by atoms with van der Waals surface area (Å²) in [5.41, 5.74) is 1.53. The standard InChI is InChI=1S/C21H25N5O3/c1-2-13-8-4-5-9-15(13)22-19(28)14-12-16(27)23-18-17(14)20(29)25-21(24-18)26-10-6-3-7-11-26/h4-5,8-9,14H,2-3,6-7,10-12H2,1H3,(H,22,28)(H2,23,24,25,27,29)/t14-/m1/s1. The number of hydrogen-bond donors (Lipinski definition) is 3. The van der Waals surface area contributed by atoms with Gasteiger partial charge in [-0.3, -0.25) is 19.4 Å². The third-order valence-electron chi connectivity index (χ3n) is 5.57. The van der Waals surface area contributed by atoms with Crippen LogP contribution in [0, 0.1) is 0 Å². The summed E-state index contributed by atoms with van der Waals surface area (Å²) in [5, 5.41) is 5.56. The quantitative estimate of drug-likeness (QED) is 0.737. The van der Waals surface area contributed by atoms with Crippen LogP contribution in [-0.4, -0.2) is 34.9 Å². The van der Waals surface area contributed by atoms with Crippen molar-refractivity contribution in [1.82, 2.24) is 9.97 Å². The summed E-state index contributed by atoms with van der Waals surface area (Å²) in [6.45, 7) is 3.63. The highest BCUT2D eigenvalue weighted by Gasteiger charge is 2.35. The number of amides is 2. The fraction of sp³-hybridized carbons (Fsp3) is 0.429. The first kappa shape index (κ1) is 19.2. The molecule has 0 bridgehead atoms. The number of carbonyl (C=O) groups excluding carboxylic acids is 2. The van der Waals surface area contributed by atoms with E-state index < -0.39 is 5.92 Å². The third kappa shape index (κ3) is 3.87. The predicted molar refractivity (Wildman–Crippen MR) is 111 cm³/mol. The van der Waals surface area contributed by atoms with Crippen LogP contribution < -0.4 is 21.1 Å². The first-order valence-corrected chi connectivity index (χ1v) is 10.1. The fourth-order valence-electron chi connectivity index (χ4n) is 4.01. The van der Waals surface area contributed by atoms with Gasteiger partial charge in [-0.1, -0.05) is 25.1 Å². The molecule has 29 heavy (non-hydrogen) atoms. The predicted octanol–water partition coefficient (Wildman–Crippen LogP) is 2.39. The molecule has 2 amide bonds. The summed E-state index contributed by atoms with van der Waals surface area (Å²) in [7, 11) is 0. The van der Waals surface area contributed by atoms with E-state index in [1.807, 2.05) is 36.1 Å². The molecule has 2 aromatic rings. The topological polar surface area (TPSA) is 107 Å². The van der Waals surface area contributed by atoms with Crippen molar-refractivity contribution >= 4 is 29.3 Å². The van der Waals surface area contributed by atoms with Gasteiger partial charge in [0, 0.05) is 25.2 Å². The van der Waals surface area contributed by atoms with Crippen molar-refractivity contribution in [3.63, 3.8) is 0 Å². The number of carbonyl (C=O) groups is 2. The summed E-state index contributed by atoms with van der Waals surface area (Å²) >= 11 is 0.